The van der Waals surface area contributed by atoms with Crippen molar-refractivity contribution in [2.75, 3.05) is 17.7 Å². The molecule has 3 aromatic rings. The van der Waals surface area contributed by atoms with E-state index in [1.54, 1.807) is 49.6 Å². The van der Waals surface area contributed by atoms with Crippen LogP contribution in [0.2, 0.25) is 10.0 Å². The van der Waals surface area contributed by atoms with E-state index in [2.05, 4.69) is 5.32 Å². The number of nitrogens with zero attached hydrogens (tertiary/aromatic N) is 1. The Morgan fingerprint density at radius 3 is 2.19 bits per heavy atom. The highest BCUT2D eigenvalue weighted by Crippen LogP contribution is 2.34. The lowest BCUT2D eigenvalue weighted by Gasteiger charge is -2.24. The first-order chi connectivity index (χ1) is 15.2. The minimum atomic E-state index is -3.62. The summed E-state index contributed by atoms with van der Waals surface area (Å²) in [5.41, 5.74) is 2.40. The molecule has 0 heterocycles. The molecule has 6 nitrogen and oxygen atoms in total. The Kier molecular flexibility index (Phi) is 7.66. The molecule has 0 bridgehead atoms. The van der Waals surface area contributed by atoms with Crippen LogP contribution in [0.1, 0.15) is 21.5 Å². The lowest BCUT2D eigenvalue weighted by Crippen LogP contribution is -2.29. The quantitative estimate of drug-likeness (QED) is 0.485. The maximum Gasteiger partial charge on any atom is 0.251 e. The van der Waals surface area contributed by atoms with Crippen molar-refractivity contribution in [2.24, 2.45) is 0 Å². The van der Waals surface area contributed by atoms with E-state index < -0.39 is 10.0 Å². The number of nitrogens with one attached hydrogen (secondary N) is 1. The van der Waals surface area contributed by atoms with Gasteiger partial charge in [0.1, 0.15) is 5.75 Å². The van der Waals surface area contributed by atoms with Gasteiger partial charge in [-0.3, -0.25) is 9.10 Å². The molecule has 32 heavy (non-hydrogen) atoms. The molecule has 1 N–H and O–H groups in total. The van der Waals surface area contributed by atoms with Crippen LogP contribution in [-0.4, -0.2) is 27.7 Å². The van der Waals surface area contributed by atoms with E-state index in [4.69, 9.17) is 27.9 Å². The molecular formula is C23H22Cl2N2O4S. The Balaban J connectivity index is 1.70. The summed E-state index contributed by atoms with van der Waals surface area (Å²) in [5.74, 6) is 0.517. The predicted octanol–water partition coefficient (Wildman–Crippen LogP) is 4.90. The van der Waals surface area contributed by atoms with Crippen molar-refractivity contribution < 1.29 is 17.9 Å². The number of carbonyl (C=O) groups is 1. The monoisotopic (exact) mass is 492 g/mol. The summed E-state index contributed by atoms with van der Waals surface area (Å²) < 4.78 is 31.1. The van der Waals surface area contributed by atoms with E-state index in [1.807, 2.05) is 24.3 Å². The number of carbonyl (C=O) groups excluding carboxylic acids is 1. The number of ether oxygens (including phenoxy) is 1. The van der Waals surface area contributed by atoms with Crippen LogP contribution in [0.4, 0.5) is 5.69 Å². The Morgan fingerprint density at radius 2 is 1.59 bits per heavy atom. The summed E-state index contributed by atoms with van der Waals surface area (Å²) in [7, 11) is -2.03. The van der Waals surface area contributed by atoms with Gasteiger partial charge in [-0.2, -0.15) is 0 Å². The summed E-state index contributed by atoms with van der Waals surface area (Å²) in [4.78, 5) is 12.5. The number of benzene rings is 3. The van der Waals surface area contributed by atoms with E-state index in [-0.39, 0.29) is 22.5 Å². The molecule has 0 saturated carbocycles. The third-order valence-electron chi connectivity index (χ3n) is 4.75. The van der Waals surface area contributed by atoms with Gasteiger partial charge in [0.25, 0.3) is 5.91 Å². The van der Waals surface area contributed by atoms with Gasteiger partial charge in [-0.05, 0) is 47.5 Å². The lowest BCUT2D eigenvalue weighted by atomic mass is 10.1. The molecule has 0 saturated heterocycles. The van der Waals surface area contributed by atoms with Gasteiger partial charge in [-0.15, -0.1) is 0 Å². The fourth-order valence-electron chi connectivity index (χ4n) is 3.02. The van der Waals surface area contributed by atoms with Crippen molar-refractivity contribution in [2.45, 2.75) is 13.1 Å². The van der Waals surface area contributed by atoms with Gasteiger partial charge < -0.3 is 10.1 Å². The number of hydrogen-bond donors (Lipinski definition) is 1. The standard InChI is InChI=1S/C23H22Cl2N2O4S/c1-31-19-12-8-16(9-13-19)14-26-23(28)18-10-6-17(7-11-18)15-27(32(2,29)30)21-5-3-4-20(24)22(21)25/h3-13H,14-15H2,1-2H3,(H,26,28). The maximum absolute atomic E-state index is 12.5. The van der Waals surface area contributed by atoms with Gasteiger partial charge in [-0.1, -0.05) is 53.5 Å². The molecule has 3 aromatic carbocycles. The minimum absolute atomic E-state index is 0.0483. The lowest BCUT2D eigenvalue weighted by molar-refractivity contribution is 0.0951. The molecule has 168 valence electrons. The van der Waals surface area contributed by atoms with Crippen molar-refractivity contribution in [3.05, 3.63) is 93.5 Å². The number of rotatable bonds is 8. The third-order valence-corrected chi connectivity index (χ3v) is 6.69. The van der Waals surface area contributed by atoms with Crippen molar-refractivity contribution in [1.82, 2.24) is 5.32 Å². The van der Waals surface area contributed by atoms with E-state index in [1.165, 1.54) is 4.31 Å². The Morgan fingerprint density at radius 1 is 0.969 bits per heavy atom. The molecular weight excluding hydrogens is 471 g/mol. The van der Waals surface area contributed by atoms with Crippen molar-refractivity contribution in [1.29, 1.82) is 0 Å². The summed E-state index contributed by atoms with van der Waals surface area (Å²) in [6, 6.07) is 19.0. The molecule has 0 unspecified atom stereocenters. The Labute approximate surface area is 197 Å². The van der Waals surface area contributed by atoms with E-state index in [9.17, 15) is 13.2 Å². The predicted molar refractivity (Wildman–Crippen MR) is 128 cm³/mol. The average molecular weight is 493 g/mol. The smallest absolute Gasteiger partial charge is 0.251 e. The fourth-order valence-corrected chi connectivity index (χ4v) is 4.36. The number of anilines is 1. The van der Waals surface area contributed by atoms with Crippen LogP contribution in [0.3, 0.4) is 0 Å². The van der Waals surface area contributed by atoms with Gasteiger partial charge in [-0.25, -0.2) is 8.42 Å². The van der Waals surface area contributed by atoms with Gasteiger partial charge in [0.05, 0.1) is 35.6 Å². The van der Waals surface area contributed by atoms with Gasteiger partial charge in [0, 0.05) is 12.1 Å². The molecule has 0 aliphatic carbocycles. The Hall–Kier alpha value is -2.74. The summed E-state index contributed by atoms with van der Waals surface area (Å²) in [5, 5.41) is 3.29. The largest absolute Gasteiger partial charge is 0.497 e. The van der Waals surface area contributed by atoms with Gasteiger partial charge in [0.15, 0.2) is 0 Å². The first-order valence-corrected chi connectivity index (χ1v) is 12.2. The number of methoxy groups -OCH3 is 1. The molecule has 0 radical (unpaired) electrons. The van der Waals surface area contributed by atoms with E-state index >= 15 is 0 Å². The first-order valence-electron chi connectivity index (χ1n) is 9.61. The van der Waals surface area contributed by atoms with Crippen LogP contribution in [0.25, 0.3) is 0 Å². The second-order valence-electron chi connectivity index (χ2n) is 7.07. The second kappa shape index (κ2) is 10.3. The normalized spacial score (nSPS) is 11.1. The highest BCUT2D eigenvalue weighted by atomic mass is 35.5. The van der Waals surface area contributed by atoms with Gasteiger partial charge in [0.2, 0.25) is 10.0 Å². The van der Waals surface area contributed by atoms with Crippen LogP contribution in [-0.2, 0) is 23.1 Å². The van der Waals surface area contributed by atoms with E-state index in [0.29, 0.717) is 23.4 Å². The van der Waals surface area contributed by atoms with Crippen LogP contribution >= 0.6 is 23.2 Å². The number of amides is 1. The highest BCUT2D eigenvalue weighted by molar-refractivity contribution is 7.92. The van der Waals surface area contributed by atoms with E-state index in [0.717, 1.165) is 17.6 Å². The topological polar surface area (TPSA) is 75.7 Å². The number of halogens is 2. The van der Waals surface area contributed by atoms with Crippen LogP contribution < -0.4 is 14.4 Å². The van der Waals surface area contributed by atoms with Crippen LogP contribution in [0.15, 0.2) is 66.7 Å². The van der Waals surface area contributed by atoms with Crippen LogP contribution in [0, 0.1) is 0 Å². The average Bonchev–Trinajstić information content (AvgIpc) is 2.78. The molecule has 0 atom stereocenters. The fraction of sp³-hybridized carbons (Fsp3) is 0.174. The molecule has 0 spiro atoms. The zero-order valence-electron chi connectivity index (χ0n) is 17.5. The Bertz CT molecular complexity index is 1200. The highest BCUT2D eigenvalue weighted by Gasteiger charge is 2.21. The SMILES string of the molecule is COc1ccc(CNC(=O)c2ccc(CN(c3cccc(Cl)c3Cl)S(C)(=O)=O)cc2)cc1. The van der Waals surface area contributed by atoms with Crippen molar-refractivity contribution in [3.63, 3.8) is 0 Å². The number of sulfonamides is 1. The molecule has 0 aromatic heterocycles. The molecule has 9 heteroatoms. The van der Waals surface area contributed by atoms with Crippen molar-refractivity contribution >= 4 is 44.8 Å². The van der Waals surface area contributed by atoms with Crippen molar-refractivity contribution in [3.8, 4) is 5.75 Å². The minimum Gasteiger partial charge on any atom is -0.497 e. The zero-order valence-corrected chi connectivity index (χ0v) is 19.8. The van der Waals surface area contributed by atoms with Gasteiger partial charge >= 0.3 is 0 Å². The molecule has 0 fully saturated rings. The third kappa shape index (κ3) is 5.94. The first kappa shape index (κ1) is 23.9. The zero-order chi connectivity index (χ0) is 23.3. The molecule has 0 aliphatic heterocycles. The summed E-state index contributed by atoms with van der Waals surface area (Å²) in [6.45, 7) is 0.423. The molecule has 1 amide bonds. The number of hydrogen-bond acceptors (Lipinski definition) is 4. The summed E-state index contributed by atoms with van der Waals surface area (Å²) >= 11 is 12.3. The maximum atomic E-state index is 12.5. The molecule has 3 rings (SSSR count). The van der Waals surface area contributed by atoms with Crippen LogP contribution in [0.5, 0.6) is 5.75 Å². The summed E-state index contributed by atoms with van der Waals surface area (Å²) in [6.07, 6.45) is 1.10. The second-order valence-corrected chi connectivity index (χ2v) is 9.76. The molecule has 0 aliphatic rings.